The Morgan fingerprint density at radius 2 is 1.70 bits per heavy atom. The van der Waals surface area contributed by atoms with E-state index in [9.17, 15) is 0 Å². The second-order valence-corrected chi connectivity index (χ2v) is 5.32. The minimum atomic E-state index is 0.404. The van der Waals surface area contributed by atoms with Crippen LogP contribution < -0.4 is 14.8 Å². The van der Waals surface area contributed by atoms with Crippen LogP contribution in [-0.4, -0.2) is 54.3 Å². The molecule has 1 aromatic rings. The Morgan fingerprint density at radius 3 is 2.15 bits per heavy atom. The molecule has 6 heteroatoms. The lowest BCUT2D eigenvalue weighted by atomic mass is 10.0. The number of nitrogens with zero attached hydrogens (tertiary/aromatic N) is 3. The van der Waals surface area contributed by atoms with Crippen LogP contribution in [0.4, 0.5) is 5.95 Å². The molecule has 2 heterocycles. The van der Waals surface area contributed by atoms with Gasteiger partial charge in [-0.1, -0.05) is 0 Å². The third-order valence-corrected chi connectivity index (χ3v) is 3.69. The first kappa shape index (κ1) is 14.8. The molecule has 0 bridgehead atoms. The van der Waals surface area contributed by atoms with Gasteiger partial charge in [-0.2, -0.15) is 9.97 Å². The van der Waals surface area contributed by atoms with Gasteiger partial charge in [0.1, 0.15) is 0 Å². The molecule has 1 aliphatic heterocycles. The van der Waals surface area contributed by atoms with Gasteiger partial charge in [-0.15, -0.1) is 0 Å². The standard InChI is InChI=1S/C14H24N4O2/c1-10(2)18-7-5-11(6-8-18)15-14-16-12(19-3)9-13(17-14)20-4/h9-11H,5-8H2,1-4H3,(H,15,16,17). The average Bonchev–Trinajstić information content (AvgIpc) is 2.47. The van der Waals surface area contributed by atoms with Crippen LogP contribution in [0.3, 0.4) is 0 Å². The van der Waals surface area contributed by atoms with Crippen molar-refractivity contribution in [3.8, 4) is 11.8 Å². The molecule has 0 unspecified atom stereocenters. The lowest BCUT2D eigenvalue weighted by Gasteiger charge is -2.34. The summed E-state index contributed by atoms with van der Waals surface area (Å²) in [6, 6.07) is 2.69. The quantitative estimate of drug-likeness (QED) is 0.887. The van der Waals surface area contributed by atoms with E-state index in [-0.39, 0.29) is 0 Å². The molecule has 0 spiro atoms. The average molecular weight is 280 g/mol. The van der Waals surface area contributed by atoms with Crippen molar-refractivity contribution in [2.24, 2.45) is 0 Å². The number of anilines is 1. The predicted octanol–water partition coefficient (Wildman–Crippen LogP) is 1.78. The number of hydrogen-bond acceptors (Lipinski definition) is 6. The fraction of sp³-hybridized carbons (Fsp3) is 0.714. The van der Waals surface area contributed by atoms with Crippen LogP contribution in [0.15, 0.2) is 6.07 Å². The summed E-state index contributed by atoms with van der Waals surface area (Å²) in [4.78, 5) is 11.1. The second kappa shape index (κ2) is 6.74. The first-order valence-corrected chi connectivity index (χ1v) is 7.10. The molecule has 0 atom stereocenters. The third-order valence-electron chi connectivity index (χ3n) is 3.69. The van der Waals surface area contributed by atoms with Gasteiger partial charge in [0, 0.05) is 25.2 Å². The highest BCUT2D eigenvalue weighted by Gasteiger charge is 2.21. The van der Waals surface area contributed by atoms with Crippen molar-refractivity contribution < 1.29 is 9.47 Å². The molecule has 0 aromatic carbocycles. The topological polar surface area (TPSA) is 59.5 Å². The van der Waals surface area contributed by atoms with Gasteiger partial charge in [-0.05, 0) is 26.7 Å². The van der Waals surface area contributed by atoms with Gasteiger partial charge in [-0.3, -0.25) is 0 Å². The van der Waals surface area contributed by atoms with E-state index in [0.29, 0.717) is 29.8 Å². The summed E-state index contributed by atoms with van der Waals surface area (Å²) in [5, 5.41) is 3.38. The molecule has 0 saturated carbocycles. The summed E-state index contributed by atoms with van der Waals surface area (Å²) in [6.45, 7) is 6.69. The minimum absolute atomic E-state index is 0.404. The van der Waals surface area contributed by atoms with Crippen molar-refractivity contribution in [1.29, 1.82) is 0 Å². The van der Waals surface area contributed by atoms with Crippen LogP contribution >= 0.6 is 0 Å². The summed E-state index contributed by atoms with van der Waals surface area (Å²) in [5.74, 6) is 1.60. The Hall–Kier alpha value is -1.56. The maximum Gasteiger partial charge on any atom is 0.229 e. The second-order valence-electron chi connectivity index (χ2n) is 5.32. The zero-order chi connectivity index (χ0) is 14.5. The molecule has 6 nitrogen and oxygen atoms in total. The van der Waals surface area contributed by atoms with Crippen molar-refractivity contribution in [2.45, 2.75) is 38.8 Å². The Balaban J connectivity index is 1.97. The molecule has 1 aliphatic rings. The summed E-state index contributed by atoms with van der Waals surface area (Å²) in [5.41, 5.74) is 0. The highest BCUT2D eigenvalue weighted by atomic mass is 16.5. The van der Waals surface area contributed by atoms with Crippen molar-refractivity contribution in [1.82, 2.24) is 14.9 Å². The summed E-state index contributed by atoms with van der Waals surface area (Å²) in [6.07, 6.45) is 2.20. The van der Waals surface area contributed by atoms with Crippen molar-refractivity contribution in [3.05, 3.63) is 6.07 Å². The molecule has 2 rings (SSSR count). The van der Waals surface area contributed by atoms with Crippen LogP contribution in [0.1, 0.15) is 26.7 Å². The number of rotatable bonds is 5. The monoisotopic (exact) mass is 280 g/mol. The van der Waals surface area contributed by atoms with Gasteiger partial charge in [0.05, 0.1) is 20.3 Å². The van der Waals surface area contributed by atoms with Crippen molar-refractivity contribution >= 4 is 5.95 Å². The van der Waals surface area contributed by atoms with Crippen LogP contribution in [0.5, 0.6) is 11.8 Å². The molecule has 1 aromatic heterocycles. The first-order chi connectivity index (χ1) is 9.62. The number of aromatic nitrogens is 2. The van der Waals surface area contributed by atoms with E-state index in [0.717, 1.165) is 25.9 Å². The third kappa shape index (κ3) is 3.72. The lowest BCUT2D eigenvalue weighted by Crippen LogP contribution is -2.42. The predicted molar refractivity (Wildman–Crippen MR) is 78.5 cm³/mol. The highest BCUT2D eigenvalue weighted by Crippen LogP contribution is 2.20. The Morgan fingerprint density at radius 1 is 1.15 bits per heavy atom. The first-order valence-electron chi connectivity index (χ1n) is 7.10. The van der Waals surface area contributed by atoms with Crippen LogP contribution in [0.25, 0.3) is 0 Å². The maximum atomic E-state index is 5.16. The van der Waals surface area contributed by atoms with Gasteiger partial charge in [-0.25, -0.2) is 0 Å². The van der Waals surface area contributed by atoms with Gasteiger partial charge in [0.25, 0.3) is 0 Å². The molecular weight excluding hydrogens is 256 g/mol. The van der Waals surface area contributed by atoms with Crippen LogP contribution in [0, 0.1) is 0 Å². The Bertz CT molecular complexity index is 409. The fourth-order valence-electron chi connectivity index (χ4n) is 2.42. The summed E-state index contributed by atoms with van der Waals surface area (Å²) >= 11 is 0. The van der Waals surface area contributed by atoms with Crippen LogP contribution in [0.2, 0.25) is 0 Å². The lowest BCUT2D eigenvalue weighted by molar-refractivity contribution is 0.177. The van der Waals surface area contributed by atoms with Crippen molar-refractivity contribution in [3.63, 3.8) is 0 Å². The fourth-order valence-corrected chi connectivity index (χ4v) is 2.42. The number of nitrogens with one attached hydrogen (secondary N) is 1. The van der Waals surface area contributed by atoms with E-state index in [1.165, 1.54) is 0 Å². The van der Waals surface area contributed by atoms with E-state index < -0.39 is 0 Å². The van der Waals surface area contributed by atoms with Gasteiger partial charge in [0.15, 0.2) is 0 Å². The zero-order valence-corrected chi connectivity index (χ0v) is 12.7. The van der Waals surface area contributed by atoms with E-state index in [2.05, 4.69) is 34.0 Å². The number of ether oxygens (including phenoxy) is 2. The zero-order valence-electron chi connectivity index (χ0n) is 12.7. The van der Waals surface area contributed by atoms with E-state index in [1.807, 2.05) is 0 Å². The number of likely N-dealkylation sites (tertiary alicyclic amines) is 1. The molecule has 20 heavy (non-hydrogen) atoms. The number of hydrogen-bond donors (Lipinski definition) is 1. The van der Waals surface area contributed by atoms with E-state index in [4.69, 9.17) is 9.47 Å². The smallest absolute Gasteiger partial charge is 0.229 e. The molecule has 1 fully saturated rings. The molecule has 0 aliphatic carbocycles. The van der Waals surface area contributed by atoms with Gasteiger partial charge in [0.2, 0.25) is 17.7 Å². The maximum absolute atomic E-state index is 5.16. The Labute approximate surface area is 120 Å². The van der Waals surface area contributed by atoms with E-state index >= 15 is 0 Å². The molecule has 112 valence electrons. The highest BCUT2D eigenvalue weighted by molar-refractivity contribution is 5.34. The number of methoxy groups -OCH3 is 2. The Kier molecular flexibility index (Phi) is 5.00. The molecule has 0 radical (unpaired) electrons. The molecule has 0 amide bonds. The summed E-state index contributed by atoms with van der Waals surface area (Å²) in [7, 11) is 3.18. The molecular formula is C14H24N4O2. The molecule has 1 N–H and O–H groups in total. The largest absolute Gasteiger partial charge is 0.481 e. The van der Waals surface area contributed by atoms with Crippen molar-refractivity contribution in [2.75, 3.05) is 32.6 Å². The van der Waals surface area contributed by atoms with Gasteiger partial charge < -0.3 is 19.7 Å². The van der Waals surface area contributed by atoms with Crippen LogP contribution in [-0.2, 0) is 0 Å². The SMILES string of the molecule is COc1cc(OC)nc(NC2CCN(C(C)C)CC2)n1. The minimum Gasteiger partial charge on any atom is -0.481 e. The summed E-state index contributed by atoms with van der Waals surface area (Å²) < 4.78 is 10.3. The molecule has 1 saturated heterocycles. The van der Waals surface area contributed by atoms with E-state index in [1.54, 1.807) is 20.3 Å². The number of piperidine rings is 1. The normalized spacial score (nSPS) is 17.2. The van der Waals surface area contributed by atoms with Gasteiger partial charge >= 0.3 is 0 Å².